The van der Waals surface area contributed by atoms with Gasteiger partial charge in [0.15, 0.2) is 0 Å². The molecule has 1 aliphatic rings. The van der Waals surface area contributed by atoms with Gasteiger partial charge in [0.1, 0.15) is 6.04 Å². The van der Waals surface area contributed by atoms with Gasteiger partial charge in [0.05, 0.1) is 0 Å². The van der Waals surface area contributed by atoms with E-state index in [0.29, 0.717) is 12.8 Å². The highest BCUT2D eigenvalue weighted by molar-refractivity contribution is 7.99. The van der Waals surface area contributed by atoms with Crippen molar-refractivity contribution in [1.82, 2.24) is 10.2 Å². The maximum Gasteiger partial charge on any atom is 0.245 e. The fourth-order valence-electron chi connectivity index (χ4n) is 1.85. The van der Waals surface area contributed by atoms with Gasteiger partial charge in [-0.2, -0.15) is 11.8 Å². The number of hydrogen-bond acceptors (Lipinski definition) is 3. The molecule has 0 spiro atoms. The van der Waals surface area contributed by atoms with Crippen LogP contribution in [0.15, 0.2) is 0 Å². The molecular formula is C12H22N2O2S. The molecule has 1 rings (SSSR count). The van der Waals surface area contributed by atoms with Gasteiger partial charge in [0.25, 0.3) is 0 Å². The van der Waals surface area contributed by atoms with Gasteiger partial charge in [-0.15, -0.1) is 0 Å². The first kappa shape index (κ1) is 14.4. The van der Waals surface area contributed by atoms with Gasteiger partial charge in [0.2, 0.25) is 11.8 Å². The molecule has 1 aliphatic heterocycles. The quantitative estimate of drug-likeness (QED) is 0.730. The molecule has 0 aromatic heterocycles. The van der Waals surface area contributed by atoms with Crippen LogP contribution in [0.5, 0.6) is 0 Å². The van der Waals surface area contributed by atoms with E-state index in [0.717, 1.165) is 17.9 Å². The molecule has 5 heteroatoms. The molecule has 0 aliphatic carbocycles. The second kappa shape index (κ2) is 6.89. The number of nitrogens with one attached hydrogen (secondary N) is 1. The molecule has 0 saturated carbocycles. The SMILES string of the molecule is CCSCC[C@H](C)N(C)C(=O)[C@@H]1CCC(=O)N1. The van der Waals surface area contributed by atoms with Crippen molar-refractivity contribution in [3.63, 3.8) is 0 Å². The van der Waals surface area contributed by atoms with Crippen LogP contribution in [0.25, 0.3) is 0 Å². The largest absolute Gasteiger partial charge is 0.344 e. The van der Waals surface area contributed by atoms with Crippen LogP contribution in [0.1, 0.15) is 33.1 Å². The maximum absolute atomic E-state index is 12.1. The molecule has 0 bridgehead atoms. The summed E-state index contributed by atoms with van der Waals surface area (Å²) < 4.78 is 0. The molecule has 0 unspecified atom stereocenters. The van der Waals surface area contributed by atoms with Crippen molar-refractivity contribution < 1.29 is 9.59 Å². The van der Waals surface area contributed by atoms with Gasteiger partial charge in [-0.05, 0) is 31.3 Å². The van der Waals surface area contributed by atoms with E-state index in [-0.39, 0.29) is 23.9 Å². The summed E-state index contributed by atoms with van der Waals surface area (Å²) >= 11 is 1.89. The lowest BCUT2D eigenvalue weighted by Gasteiger charge is -2.27. The van der Waals surface area contributed by atoms with Crippen molar-refractivity contribution in [2.45, 2.75) is 45.2 Å². The molecule has 1 heterocycles. The predicted octanol–water partition coefficient (Wildman–Crippen LogP) is 1.26. The first-order valence-corrected chi connectivity index (χ1v) is 7.35. The lowest BCUT2D eigenvalue weighted by molar-refractivity contribution is -0.134. The molecule has 0 aromatic carbocycles. The van der Waals surface area contributed by atoms with Crippen LogP contribution in [-0.4, -0.2) is 47.4 Å². The number of likely N-dealkylation sites (N-methyl/N-ethyl adjacent to an activating group) is 1. The summed E-state index contributed by atoms with van der Waals surface area (Å²) in [5, 5.41) is 2.72. The average molecular weight is 258 g/mol. The third-order valence-electron chi connectivity index (χ3n) is 3.19. The van der Waals surface area contributed by atoms with Gasteiger partial charge >= 0.3 is 0 Å². The summed E-state index contributed by atoms with van der Waals surface area (Å²) in [7, 11) is 1.83. The van der Waals surface area contributed by atoms with Crippen molar-refractivity contribution in [1.29, 1.82) is 0 Å². The lowest BCUT2D eigenvalue weighted by Crippen LogP contribution is -2.46. The molecule has 2 atom stereocenters. The van der Waals surface area contributed by atoms with Gasteiger partial charge in [-0.1, -0.05) is 6.92 Å². The first-order valence-electron chi connectivity index (χ1n) is 6.20. The Kier molecular flexibility index (Phi) is 5.82. The number of rotatable bonds is 6. The number of amides is 2. The van der Waals surface area contributed by atoms with Crippen molar-refractivity contribution in [3.8, 4) is 0 Å². The summed E-state index contributed by atoms with van der Waals surface area (Å²) in [4.78, 5) is 24.9. The lowest BCUT2D eigenvalue weighted by atomic mass is 10.1. The normalized spacial score (nSPS) is 21.1. The smallest absolute Gasteiger partial charge is 0.245 e. The zero-order valence-electron chi connectivity index (χ0n) is 10.9. The zero-order chi connectivity index (χ0) is 12.8. The van der Waals surface area contributed by atoms with Gasteiger partial charge in [-0.25, -0.2) is 0 Å². The highest BCUT2D eigenvalue weighted by Gasteiger charge is 2.30. The molecule has 1 saturated heterocycles. The van der Waals surface area contributed by atoms with Crippen LogP contribution >= 0.6 is 11.8 Å². The topological polar surface area (TPSA) is 49.4 Å². The zero-order valence-corrected chi connectivity index (χ0v) is 11.7. The standard InChI is InChI=1S/C12H22N2O2S/c1-4-17-8-7-9(2)14(3)12(16)10-5-6-11(15)13-10/h9-10H,4-8H2,1-3H3,(H,13,15)/t9-,10-/m0/s1. The highest BCUT2D eigenvalue weighted by Crippen LogP contribution is 2.13. The molecule has 1 fully saturated rings. The molecule has 0 radical (unpaired) electrons. The van der Waals surface area contributed by atoms with E-state index in [9.17, 15) is 9.59 Å². The van der Waals surface area contributed by atoms with E-state index in [2.05, 4.69) is 19.2 Å². The minimum Gasteiger partial charge on any atom is -0.344 e. The molecule has 98 valence electrons. The number of thioether (sulfide) groups is 1. The summed E-state index contributed by atoms with van der Waals surface area (Å²) in [6.07, 6.45) is 2.12. The Morgan fingerprint density at radius 1 is 1.65 bits per heavy atom. The van der Waals surface area contributed by atoms with Crippen LogP contribution < -0.4 is 5.32 Å². The molecule has 0 aromatic rings. The first-order chi connectivity index (χ1) is 8.06. The number of carbonyl (C=O) groups excluding carboxylic acids is 2. The van der Waals surface area contributed by atoms with Gasteiger partial charge in [-0.3, -0.25) is 9.59 Å². The Balaban J connectivity index is 2.37. The molecule has 2 amide bonds. The maximum atomic E-state index is 12.1. The minimum atomic E-state index is -0.297. The number of nitrogens with zero attached hydrogens (tertiary/aromatic N) is 1. The number of hydrogen-bond donors (Lipinski definition) is 1. The van der Waals surface area contributed by atoms with E-state index in [1.165, 1.54) is 0 Å². The van der Waals surface area contributed by atoms with Crippen LogP contribution in [0.2, 0.25) is 0 Å². The summed E-state index contributed by atoms with van der Waals surface area (Å²) in [6.45, 7) is 4.20. The Morgan fingerprint density at radius 3 is 2.88 bits per heavy atom. The Morgan fingerprint density at radius 2 is 2.35 bits per heavy atom. The van der Waals surface area contributed by atoms with Gasteiger partial charge < -0.3 is 10.2 Å². The number of carbonyl (C=O) groups is 2. The second-order valence-corrected chi connectivity index (χ2v) is 5.84. The Bertz CT molecular complexity index is 284. The third-order valence-corrected chi connectivity index (χ3v) is 4.12. The van der Waals surface area contributed by atoms with E-state index >= 15 is 0 Å². The summed E-state index contributed by atoms with van der Waals surface area (Å²) in [5.74, 6) is 2.23. The van der Waals surface area contributed by atoms with Crippen molar-refractivity contribution in [3.05, 3.63) is 0 Å². The molecule has 1 N–H and O–H groups in total. The van der Waals surface area contributed by atoms with Crippen molar-refractivity contribution in [2.24, 2.45) is 0 Å². The Hall–Kier alpha value is -0.710. The molecular weight excluding hydrogens is 236 g/mol. The summed E-state index contributed by atoms with van der Waals surface area (Å²) in [6, 6.07) is -0.0622. The Labute approximate surface area is 108 Å². The molecule has 17 heavy (non-hydrogen) atoms. The van der Waals surface area contributed by atoms with Crippen molar-refractivity contribution >= 4 is 23.6 Å². The predicted molar refractivity (Wildman–Crippen MR) is 71.0 cm³/mol. The highest BCUT2D eigenvalue weighted by atomic mass is 32.2. The second-order valence-electron chi connectivity index (χ2n) is 4.44. The van der Waals surface area contributed by atoms with Crippen molar-refractivity contribution in [2.75, 3.05) is 18.6 Å². The third kappa shape index (κ3) is 4.22. The minimum absolute atomic E-state index is 0.00839. The fraction of sp³-hybridized carbons (Fsp3) is 0.833. The van der Waals surface area contributed by atoms with Crippen LogP contribution in [-0.2, 0) is 9.59 Å². The van der Waals surface area contributed by atoms with E-state index in [4.69, 9.17) is 0 Å². The summed E-state index contributed by atoms with van der Waals surface area (Å²) in [5.41, 5.74) is 0. The van der Waals surface area contributed by atoms with Crippen LogP contribution in [0.4, 0.5) is 0 Å². The fourth-order valence-corrected chi connectivity index (χ4v) is 2.65. The van der Waals surface area contributed by atoms with Gasteiger partial charge in [0, 0.05) is 19.5 Å². The van der Waals surface area contributed by atoms with Crippen LogP contribution in [0.3, 0.4) is 0 Å². The van der Waals surface area contributed by atoms with E-state index < -0.39 is 0 Å². The van der Waals surface area contributed by atoms with Crippen LogP contribution in [0, 0.1) is 0 Å². The average Bonchev–Trinajstić information content (AvgIpc) is 2.74. The molecule has 4 nitrogen and oxygen atoms in total. The van der Waals surface area contributed by atoms with E-state index in [1.807, 2.05) is 18.8 Å². The monoisotopic (exact) mass is 258 g/mol. The van der Waals surface area contributed by atoms with E-state index in [1.54, 1.807) is 4.90 Å².